The molecule has 17 heavy (non-hydrogen) atoms. The molecule has 0 saturated heterocycles. The number of nitrogens with zero attached hydrogens (tertiary/aromatic N) is 1. The zero-order chi connectivity index (χ0) is 12.5. The Morgan fingerprint density at radius 1 is 1.47 bits per heavy atom. The lowest BCUT2D eigenvalue weighted by molar-refractivity contribution is 0.561. The van der Waals surface area contributed by atoms with Crippen molar-refractivity contribution in [3.8, 4) is 0 Å². The molecule has 1 N–H and O–H groups in total. The summed E-state index contributed by atoms with van der Waals surface area (Å²) < 4.78 is 22.6. The van der Waals surface area contributed by atoms with Gasteiger partial charge in [0.2, 0.25) is 0 Å². The first kappa shape index (κ1) is 12.4. The van der Waals surface area contributed by atoms with Gasteiger partial charge in [-0.15, -0.1) is 0 Å². The summed E-state index contributed by atoms with van der Waals surface area (Å²) >= 11 is 0. The van der Waals surface area contributed by atoms with Gasteiger partial charge in [0.1, 0.15) is 9.84 Å². The molecule has 94 valence electrons. The molecule has 0 unspecified atom stereocenters. The summed E-state index contributed by atoms with van der Waals surface area (Å²) in [5, 5.41) is 3.31. The fraction of sp³-hybridized carbons (Fsp3) is 0.583. The molecule has 1 heterocycles. The highest BCUT2D eigenvalue weighted by molar-refractivity contribution is 7.90. The number of rotatable bonds is 5. The van der Waals surface area contributed by atoms with Gasteiger partial charge in [-0.2, -0.15) is 0 Å². The molecule has 0 bridgehead atoms. The largest absolute Gasteiger partial charge is 0.384 e. The summed E-state index contributed by atoms with van der Waals surface area (Å²) in [7, 11) is -2.88. The lowest BCUT2D eigenvalue weighted by atomic mass is 10.1. The van der Waals surface area contributed by atoms with Crippen LogP contribution in [0.4, 0.5) is 5.69 Å². The van der Waals surface area contributed by atoms with Gasteiger partial charge in [-0.05, 0) is 31.9 Å². The maximum absolute atomic E-state index is 11.3. The first-order valence-corrected chi connectivity index (χ1v) is 7.79. The maximum Gasteiger partial charge on any atom is 0.148 e. The van der Waals surface area contributed by atoms with Gasteiger partial charge in [0.15, 0.2) is 0 Å². The summed E-state index contributed by atoms with van der Waals surface area (Å²) in [5.41, 5.74) is 1.94. The summed E-state index contributed by atoms with van der Waals surface area (Å²) in [4.78, 5) is 4.12. The van der Waals surface area contributed by atoms with Crippen molar-refractivity contribution in [1.82, 2.24) is 4.98 Å². The van der Waals surface area contributed by atoms with Crippen LogP contribution in [-0.4, -0.2) is 32.0 Å². The van der Waals surface area contributed by atoms with Crippen molar-refractivity contribution in [2.24, 2.45) is 5.41 Å². The molecule has 1 aliphatic carbocycles. The maximum atomic E-state index is 11.3. The van der Waals surface area contributed by atoms with Crippen molar-refractivity contribution in [3.63, 3.8) is 0 Å². The van der Waals surface area contributed by atoms with E-state index in [1.807, 2.05) is 19.1 Å². The van der Waals surface area contributed by atoms with Crippen LogP contribution in [0.25, 0.3) is 0 Å². The standard InChI is InChI=1S/C12H18N2O2S/c1-10-7-11(3-6-13-10)14-8-12(4-5-12)9-17(2,15)16/h3,6-7H,4-5,8-9H2,1-2H3,(H,13,14). The molecule has 1 saturated carbocycles. The molecule has 1 aromatic rings. The Morgan fingerprint density at radius 2 is 2.18 bits per heavy atom. The van der Waals surface area contributed by atoms with Crippen LogP contribution in [0.5, 0.6) is 0 Å². The average Bonchev–Trinajstić information content (AvgIpc) is 2.93. The molecule has 1 aliphatic rings. The first-order chi connectivity index (χ1) is 7.89. The van der Waals surface area contributed by atoms with E-state index in [1.165, 1.54) is 6.26 Å². The Kier molecular flexibility index (Phi) is 3.12. The van der Waals surface area contributed by atoms with Gasteiger partial charge in [0.05, 0.1) is 5.75 Å². The summed E-state index contributed by atoms with van der Waals surface area (Å²) in [5.74, 6) is 0.289. The van der Waals surface area contributed by atoms with Crippen LogP contribution in [0, 0.1) is 12.3 Å². The highest BCUT2D eigenvalue weighted by Gasteiger charge is 2.44. The molecule has 2 rings (SSSR count). The molecule has 0 aliphatic heterocycles. The van der Waals surface area contributed by atoms with E-state index in [0.29, 0.717) is 0 Å². The van der Waals surface area contributed by atoms with Crippen LogP contribution < -0.4 is 5.32 Å². The topological polar surface area (TPSA) is 59.1 Å². The number of sulfone groups is 1. The van der Waals surface area contributed by atoms with Gasteiger partial charge in [0.25, 0.3) is 0 Å². The Bertz CT molecular complexity index is 507. The Balaban J connectivity index is 1.95. The Hall–Kier alpha value is -1.10. The third kappa shape index (κ3) is 3.70. The minimum Gasteiger partial charge on any atom is -0.384 e. The van der Waals surface area contributed by atoms with Gasteiger partial charge >= 0.3 is 0 Å². The van der Waals surface area contributed by atoms with E-state index in [1.54, 1.807) is 6.20 Å². The number of aryl methyl sites for hydroxylation is 1. The second-order valence-corrected chi connectivity index (χ2v) is 7.25. The molecule has 0 radical (unpaired) electrons. The van der Waals surface area contributed by atoms with E-state index in [9.17, 15) is 8.42 Å². The summed E-state index contributed by atoms with van der Waals surface area (Å²) in [6.07, 6.45) is 5.06. The molecule has 1 aromatic heterocycles. The van der Waals surface area contributed by atoms with Crippen molar-refractivity contribution < 1.29 is 8.42 Å². The lowest BCUT2D eigenvalue weighted by Crippen LogP contribution is -2.24. The number of nitrogens with one attached hydrogen (secondary N) is 1. The number of pyridine rings is 1. The van der Waals surface area contributed by atoms with Crippen molar-refractivity contribution in [1.29, 1.82) is 0 Å². The van der Waals surface area contributed by atoms with Crippen LogP contribution in [0.1, 0.15) is 18.5 Å². The summed E-state index contributed by atoms with van der Waals surface area (Å²) in [6, 6.07) is 3.88. The van der Waals surface area contributed by atoms with Gasteiger partial charge < -0.3 is 5.32 Å². The fourth-order valence-electron chi connectivity index (χ4n) is 2.05. The smallest absolute Gasteiger partial charge is 0.148 e. The molecule has 5 heteroatoms. The zero-order valence-corrected chi connectivity index (χ0v) is 11.0. The molecule has 0 amide bonds. The van der Waals surface area contributed by atoms with E-state index in [2.05, 4.69) is 10.3 Å². The Morgan fingerprint density at radius 3 is 2.71 bits per heavy atom. The van der Waals surface area contributed by atoms with Crippen molar-refractivity contribution >= 4 is 15.5 Å². The van der Waals surface area contributed by atoms with Gasteiger partial charge in [-0.25, -0.2) is 8.42 Å². The fourth-order valence-corrected chi connectivity index (χ4v) is 3.55. The second kappa shape index (κ2) is 4.29. The molecular weight excluding hydrogens is 236 g/mol. The molecule has 1 fully saturated rings. The van der Waals surface area contributed by atoms with Crippen molar-refractivity contribution in [3.05, 3.63) is 24.0 Å². The summed E-state index contributed by atoms with van der Waals surface area (Å²) in [6.45, 7) is 2.66. The van der Waals surface area contributed by atoms with E-state index < -0.39 is 9.84 Å². The van der Waals surface area contributed by atoms with Crippen LogP contribution in [-0.2, 0) is 9.84 Å². The quantitative estimate of drug-likeness (QED) is 0.867. The van der Waals surface area contributed by atoms with E-state index in [0.717, 1.165) is 30.8 Å². The number of hydrogen-bond donors (Lipinski definition) is 1. The van der Waals surface area contributed by atoms with Gasteiger partial charge in [-0.3, -0.25) is 4.98 Å². The SMILES string of the molecule is Cc1cc(NCC2(CS(C)(=O)=O)CC2)ccn1. The van der Waals surface area contributed by atoms with Crippen LogP contribution in [0.2, 0.25) is 0 Å². The normalized spacial score (nSPS) is 17.8. The molecule has 0 spiro atoms. The van der Waals surface area contributed by atoms with Crippen LogP contribution in [0.15, 0.2) is 18.3 Å². The van der Waals surface area contributed by atoms with Crippen molar-refractivity contribution in [2.75, 3.05) is 23.9 Å². The third-order valence-electron chi connectivity index (χ3n) is 3.09. The first-order valence-electron chi connectivity index (χ1n) is 5.73. The van der Waals surface area contributed by atoms with E-state index in [-0.39, 0.29) is 11.2 Å². The van der Waals surface area contributed by atoms with E-state index >= 15 is 0 Å². The van der Waals surface area contributed by atoms with Crippen molar-refractivity contribution in [2.45, 2.75) is 19.8 Å². The predicted octanol–water partition coefficient (Wildman–Crippen LogP) is 1.63. The number of hydrogen-bond acceptors (Lipinski definition) is 4. The predicted molar refractivity (Wildman–Crippen MR) is 68.8 cm³/mol. The zero-order valence-electron chi connectivity index (χ0n) is 10.2. The van der Waals surface area contributed by atoms with Crippen LogP contribution in [0.3, 0.4) is 0 Å². The highest BCUT2D eigenvalue weighted by Crippen LogP contribution is 2.46. The molecule has 0 atom stereocenters. The Labute approximate surface area is 102 Å². The number of anilines is 1. The molecule has 4 nitrogen and oxygen atoms in total. The third-order valence-corrected chi connectivity index (χ3v) is 4.23. The lowest BCUT2D eigenvalue weighted by Gasteiger charge is -2.15. The molecule has 0 aromatic carbocycles. The minimum atomic E-state index is -2.88. The monoisotopic (exact) mass is 254 g/mol. The molecular formula is C12H18N2O2S. The second-order valence-electron chi connectivity index (χ2n) is 5.11. The van der Waals surface area contributed by atoms with E-state index in [4.69, 9.17) is 0 Å². The average molecular weight is 254 g/mol. The van der Waals surface area contributed by atoms with Gasteiger partial charge in [-0.1, -0.05) is 0 Å². The van der Waals surface area contributed by atoms with Gasteiger partial charge in [0, 0.05) is 35.8 Å². The van der Waals surface area contributed by atoms with Crippen LogP contribution >= 0.6 is 0 Å². The highest BCUT2D eigenvalue weighted by atomic mass is 32.2. The minimum absolute atomic E-state index is 0.0369. The number of aromatic nitrogens is 1.